The fourth-order valence-electron chi connectivity index (χ4n) is 2.41. The van der Waals surface area contributed by atoms with Crippen LogP contribution >= 0.6 is 11.6 Å². The molecule has 1 aliphatic rings. The summed E-state index contributed by atoms with van der Waals surface area (Å²) in [5, 5.41) is 6.06. The van der Waals surface area contributed by atoms with Crippen molar-refractivity contribution in [1.29, 1.82) is 0 Å². The first-order valence-corrected chi connectivity index (χ1v) is 7.36. The maximum atomic E-state index is 11.8. The highest BCUT2D eigenvalue weighted by atomic mass is 35.5. The van der Waals surface area contributed by atoms with Crippen LogP contribution < -0.4 is 10.6 Å². The highest BCUT2D eigenvalue weighted by Gasteiger charge is 2.22. The van der Waals surface area contributed by atoms with Crippen molar-refractivity contribution in [1.82, 2.24) is 5.32 Å². The lowest BCUT2D eigenvalue weighted by Gasteiger charge is -2.10. The molecule has 2 N–H and O–H groups in total. The maximum Gasteiger partial charge on any atom is 0.226 e. The molecule has 1 aromatic rings. The van der Waals surface area contributed by atoms with Crippen LogP contribution in [0.1, 0.15) is 32.1 Å². The largest absolute Gasteiger partial charge is 0.355 e. The average molecular weight is 295 g/mol. The molecule has 4 nitrogen and oxygen atoms in total. The van der Waals surface area contributed by atoms with Crippen LogP contribution in [0.15, 0.2) is 24.3 Å². The Morgan fingerprint density at radius 3 is 2.60 bits per heavy atom. The van der Waals surface area contributed by atoms with Gasteiger partial charge in [-0.25, -0.2) is 0 Å². The highest BCUT2D eigenvalue weighted by molar-refractivity contribution is 6.33. The standard InChI is InChI=1S/C15H19ClN2O2/c16-12-7-3-4-8-13(12)18-14(19)9-10-17-15(20)11-5-1-2-6-11/h3-4,7-8,11H,1-2,5-6,9-10H2,(H,17,20)(H,18,19). The van der Waals surface area contributed by atoms with Crippen molar-refractivity contribution in [3.8, 4) is 0 Å². The Hall–Kier alpha value is -1.55. The van der Waals surface area contributed by atoms with Gasteiger partial charge >= 0.3 is 0 Å². The lowest BCUT2D eigenvalue weighted by Crippen LogP contribution is -2.32. The molecule has 0 bridgehead atoms. The third-order valence-electron chi connectivity index (χ3n) is 3.53. The summed E-state index contributed by atoms with van der Waals surface area (Å²) in [4.78, 5) is 23.5. The summed E-state index contributed by atoms with van der Waals surface area (Å²) in [6.07, 6.45) is 4.45. The highest BCUT2D eigenvalue weighted by Crippen LogP contribution is 2.24. The number of amides is 2. The molecule has 0 aliphatic heterocycles. The summed E-state index contributed by atoms with van der Waals surface area (Å²) in [5.41, 5.74) is 0.598. The van der Waals surface area contributed by atoms with Gasteiger partial charge in [-0.05, 0) is 25.0 Å². The van der Waals surface area contributed by atoms with Crippen molar-refractivity contribution < 1.29 is 9.59 Å². The fraction of sp³-hybridized carbons (Fsp3) is 0.467. The molecule has 20 heavy (non-hydrogen) atoms. The minimum absolute atomic E-state index is 0.0769. The van der Waals surface area contributed by atoms with E-state index in [4.69, 9.17) is 11.6 Å². The van der Waals surface area contributed by atoms with E-state index in [9.17, 15) is 9.59 Å². The van der Waals surface area contributed by atoms with Gasteiger partial charge in [0.15, 0.2) is 0 Å². The quantitative estimate of drug-likeness (QED) is 0.877. The van der Waals surface area contributed by atoms with Gasteiger partial charge in [0.1, 0.15) is 0 Å². The molecule has 0 aromatic heterocycles. The van der Waals surface area contributed by atoms with Crippen molar-refractivity contribution >= 4 is 29.1 Å². The van der Waals surface area contributed by atoms with E-state index in [1.165, 1.54) is 0 Å². The van der Waals surface area contributed by atoms with Crippen molar-refractivity contribution in [3.05, 3.63) is 29.3 Å². The summed E-state index contributed by atoms with van der Waals surface area (Å²) in [7, 11) is 0. The van der Waals surface area contributed by atoms with Crippen LogP contribution in [0.25, 0.3) is 0 Å². The molecule has 0 heterocycles. The molecule has 1 saturated carbocycles. The Morgan fingerprint density at radius 2 is 1.90 bits per heavy atom. The fourth-order valence-corrected chi connectivity index (χ4v) is 2.59. The third-order valence-corrected chi connectivity index (χ3v) is 3.85. The van der Waals surface area contributed by atoms with Gasteiger partial charge in [-0.15, -0.1) is 0 Å². The van der Waals surface area contributed by atoms with Crippen LogP contribution in [0.3, 0.4) is 0 Å². The molecular formula is C15H19ClN2O2. The minimum atomic E-state index is -0.148. The van der Waals surface area contributed by atoms with Gasteiger partial charge in [0.25, 0.3) is 0 Å². The number of hydrogen-bond donors (Lipinski definition) is 2. The molecule has 2 amide bonds. The molecule has 1 fully saturated rings. The molecule has 0 saturated heterocycles. The lowest BCUT2D eigenvalue weighted by atomic mass is 10.1. The topological polar surface area (TPSA) is 58.2 Å². The van der Waals surface area contributed by atoms with Crippen LogP contribution in [0, 0.1) is 5.92 Å². The number of carbonyl (C=O) groups excluding carboxylic acids is 2. The number of benzene rings is 1. The SMILES string of the molecule is O=C(CCNC(=O)C1CCCC1)Nc1ccccc1Cl. The van der Waals surface area contributed by atoms with Crippen LogP contribution in [-0.2, 0) is 9.59 Å². The number of carbonyl (C=O) groups is 2. The second-order valence-corrected chi connectivity index (χ2v) is 5.46. The van der Waals surface area contributed by atoms with Crippen LogP contribution in [-0.4, -0.2) is 18.4 Å². The molecule has 108 valence electrons. The zero-order valence-electron chi connectivity index (χ0n) is 11.3. The smallest absolute Gasteiger partial charge is 0.226 e. The molecule has 1 aliphatic carbocycles. The average Bonchev–Trinajstić information content (AvgIpc) is 2.95. The number of hydrogen-bond acceptors (Lipinski definition) is 2. The van der Waals surface area contributed by atoms with Crippen LogP contribution in [0.4, 0.5) is 5.69 Å². The molecule has 5 heteroatoms. The monoisotopic (exact) mass is 294 g/mol. The van der Waals surface area contributed by atoms with E-state index in [2.05, 4.69) is 10.6 Å². The van der Waals surface area contributed by atoms with Gasteiger partial charge in [-0.3, -0.25) is 9.59 Å². The van der Waals surface area contributed by atoms with Gasteiger partial charge < -0.3 is 10.6 Å². The number of para-hydroxylation sites is 1. The Bertz CT molecular complexity index is 485. The van der Waals surface area contributed by atoms with Gasteiger partial charge in [-0.2, -0.15) is 0 Å². The Balaban J connectivity index is 1.70. The normalized spacial score (nSPS) is 15.1. The summed E-state index contributed by atoms with van der Waals surface area (Å²) < 4.78 is 0. The first-order valence-electron chi connectivity index (χ1n) is 6.99. The van der Waals surface area contributed by atoms with Gasteiger partial charge in [0, 0.05) is 18.9 Å². The van der Waals surface area contributed by atoms with E-state index in [1.54, 1.807) is 18.2 Å². The number of anilines is 1. The predicted molar refractivity (Wildman–Crippen MR) is 79.7 cm³/mol. The Morgan fingerprint density at radius 1 is 1.20 bits per heavy atom. The zero-order chi connectivity index (χ0) is 14.4. The van der Waals surface area contributed by atoms with E-state index >= 15 is 0 Å². The maximum absolute atomic E-state index is 11.8. The molecule has 1 aromatic carbocycles. The van der Waals surface area contributed by atoms with Gasteiger partial charge in [0.05, 0.1) is 10.7 Å². The van der Waals surface area contributed by atoms with E-state index in [1.807, 2.05) is 6.07 Å². The second kappa shape index (κ2) is 7.29. The minimum Gasteiger partial charge on any atom is -0.355 e. The van der Waals surface area contributed by atoms with E-state index in [0.29, 0.717) is 17.3 Å². The third kappa shape index (κ3) is 4.23. The van der Waals surface area contributed by atoms with Gasteiger partial charge in [-0.1, -0.05) is 36.6 Å². The summed E-state index contributed by atoms with van der Waals surface area (Å²) in [6.45, 7) is 0.367. The molecular weight excluding hydrogens is 276 g/mol. The molecule has 0 spiro atoms. The summed E-state index contributed by atoms with van der Waals surface area (Å²) in [6, 6.07) is 7.08. The molecule has 0 atom stereocenters. The molecule has 0 radical (unpaired) electrons. The van der Waals surface area contributed by atoms with Crippen molar-refractivity contribution in [2.75, 3.05) is 11.9 Å². The zero-order valence-corrected chi connectivity index (χ0v) is 12.1. The van der Waals surface area contributed by atoms with Crippen molar-refractivity contribution in [3.63, 3.8) is 0 Å². The first-order chi connectivity index (χ1) is 9.66. The van der Waals surface area contributed by atoms with E-state index in [0.717, 1.165) is 25.7 Å². The first kappa shape index (κ1) is 14.9. The van der Waals surface area contributed by atoms with Crippen LogP contribution in [0.5, 0.6) is 0 Å². The number of halogens is 1. The molecule has 2 rings (SSSR count). The Labute approximate surface area is 123 Å². The van der Waals surface area contributed by atoms with E-state index in [-0.39, 0.29) is 24.2 Å². The molecule has 0 unspecified atom stereocenters. The summed E-state index contributed by atoms with van der Waals surface area (Å²) >= 11 is 5.95. The predicted octanol–water partition coefficient (Wildman–Crippen LogP) is 2.98. The van der Waals surface area contributed by atoms with Crippen molar-refractivity contribution in [2.24, 2.45) is 5.92 Å². The van der Waals surface area contributed by atoms with E-state index < -0.39 is 0 Å². The second-order valence-electron chi connectivity index (χ2n) is 5.05. The number of nitrogens with one attached hydrogen (secondary N) is 2. The lowest BCUT2D eigenvalue weighted by molar-refractivity contribution is -0.124. The number of rotatable bonds is 5. The summed E-state index contributed by atoms with van der Waals surface area (Å²) in [5.74, 6) is 0.0690. The van der Waals surface area contributed by atoms with Crippen molar-refractivity contribution in [2.45, 2.75) is 32.1 Å². The Kier molecular flexibility index (Phi) is 5.41. The van der Waals surface area contributed by atoms with Gasteiger partial charge in [0.2, 0.25) is 11.8 Å². The van der Waals surface area contributed by atoms with Crippen LogP contribution in [0.2, 0.25) is 5.02 Å².